The van der Waals surface area contributed by atoms with Gasteiger partial charge in [0.25, 0.3) is 0 Å². The van der Waals surface area contributed by atoms with Gasteiger partial charge in [-0.15, -0.1) is 0 Å². The monoisotopic (exact) mass is 790 g/mol. The molecule has 3 heteroatoms. The van der Waals surface area contributed by atoms with E-state index < -0.39 is 5.41 Å². The molecule has 0 aliphatic heterocycles. The van der Waals surface area contributed by atoms with Gasteiger partial charge in [0.2, 0.25) is 0 Å². The molecule has 0 spiro atoms. The standard InChI is InChI=1S/C59H38N2O/c1-4-18-39(19-5-1)58-60-53(38-54(61-58)43-23-15-21-41(37-43)47-31-17-33-51-49-29-11-13-35-55(49)62-57(47)51)42-22-14-20-40(36-42)46-30-16-32-50-48-28-10-12-34-52(48)59(56(46)50,44-24-6-2-7-25-44)45-26-8-3-9-27-45/h1-38H. The average molecular weight is 791 g/mol. The van der Waals surface area contributed by atoms with Crippen LogP contribution in [0.4, 0.5) is 0 Å². The molecule has 3 nitrogen and oxygen atoms in total. The van der Waals surface area contributed by atoms with E-state index in [1.807, 2.05) is 30.3 Å². The van der Waals surface area contributed by atoms with Gasteiger partial charge in [-0.25, -0.2) is 9.97 Å². The summed E-state index contributed by atoms with van der Waals surface area (Å²) >= 11 is 0. The Morgan fingerprint density at radius 1 is 0.339 bits per heavy atom. The topological polar surface area (TPSA) is 38.9 Å². The molecule has 0 atom stereocenters. The van der Waals surface area contributed by atoms with Gasteiger partial charge in [-0.05, 0) is 74.3 Å². The van der Waals surface area contributed by atoms with Crippen LogP contribution >= 0.6 is 0 Å². The van der Waals surface area contributed by atoms with Gasteiger partial charge in [-0.2, -0.15) is 0 Å². The Morgan fingerprint density at radius 2 is 0.823 bits per heavy atom. The van der Waals surface area contributed by atoms with Crippen molar-refractivity contribution in [3.63, 3.8) is 0 Å². The van der Waals surface area contributed by atoms with Crippen LogP contribution in [0.2, 0.25) is 0 Å². The molecular formula is C59H38N2O. The second kappa shape index (κ2) is 14.5. The zero-order valence-corrected chi connectivity index (χ0v) is 33.7. The third kappa shape index (κ3) is 5.67. The molecule has 62 heavy (non-hydrogen) atoms. The maximum atomic E-state index is 6.47. The maximum Gasteiger partial charge on any atom is 0.160 e. The largest absolute Gasteiger partial charge is 0.455 e. The number of fused-ring (bicyclic) bond motifs is 6. The normalized spacial score (nSPS) is 12.6. The van der Waals surface area contributed by atoms with Crippen molar-refractivity contribution in [2.75, 3.05) is 0 Å². The Morgan fingerprint density at radius 3 is 1.53 bits per heavy atom. The van der Waals surface area contributed by atoms with E-state index in [2.05, 4.69) is 200 Å². The fourth-order valence-corrected chi connectivity index (χ4v) is 9.87. The molecule has 0 bridgehead atoms. The van der Waals surface area contributed by atoms with Crippen LogP contribution in [0.3, 0.4) is 0 Å². The first-order valence-electron chi connectivity index (χ1n) is 21.1. The molecule has 0 radical (unpaired) electrons. The van der Waals surface area contributed by atoms with Crippen LogP contribution in [-0.2, 0) is 5.41 Å². The highest BCUT2D eigenvalue weighted by molar-refractivity contribution is 6.09. The highest BCUT2D eigenvalue weighted by Gasteiger charge is 2.47. The summed E-state index contributed by atoms with van der Waals surface area (Å²) in [6.45, 7) is 0. The lowest BCUT2D eigenvalue weighted by molar-refractivity contribution is 0.670. The van der Waals surface area contributed by atoms with Crippen molar-refractivity contribution < 1.29 is 4.42 Å². The van der Waals surface area contributed by atoms with Crippen LogP contribution in [0.15, 0.2) is 235 Å². The van der Waals surface area contributed by atoms with Crippen molar-refractivity contribution >= 4 is 21.9 Å². The molecule has 1 aliphatic rings. The number of aromatic nitrogens is 2. The SMILES string of the molecule is c1ccc(-c2nc(-c3cccc(-c4cccc5c4C(c4ccccc4)(c4ccccc4)c4ccccc4-5)c3)cc(-c3cccc(-c4cccc5c4oc4ccccc45)c3)n2)cc1. The Bertz CT molecular complexity index is 3420. The number of benzene rings is 9. The Hall–Kier alpha value is -8.14. The summed E-state index contributed by atoms with van der Waals surface area (Å²) in [5, 5.41) is 2.23. The van der Waals surface area contributed by atoms with E-state index in [1.165, 1.54) is 38.9 Å². The van der Waals surface area contributed by atoms with E-state index >= 15 is 0 Å². The van der Waals surface area contributed by atoms with Crippen LogP contribution in [0.25, 0.3) is 89.2 Å². The lowest BCUT2D eigenvalue weighted by atomic mass is 9.66. The van der Waals surface area contributed by atoms with Crippen molar-refractivity contribution in [3.8, 4) is 67.3 Å². The zero-order chi connectivity index (χ0) is 41.0. The Kier molecular flexibility index (Phi) is 8.39. The lowest BCUT2D eigenvalue weighted by Gasteiger charge is -2.35. The Balaban J connectivity index is 1.03. The molecule has 1 aliphatic carbocycles. The first-order valence-corrected chi connectivity index (χ1v) is 21.1. The molecule has 0 amide bonds. The minimum absolute atomic E-state index is 0.526. The van der Waals surface area contributed by atoms with Crippen LogP contribution in [-0.4, -0.2) is 9.97 Å². The van der Waals surface area contributed by atoms with Crippen LogP contribution in [0.5, 0.6) is 0 Å². The van der Waals surface area contributed by atoms with Crippen LogP contribution in [0.1, 0.15) is 22.3 Å². The van der Waals surface area contributed by atoms with Gasteiger partial charge in [0, 0.05) is 33.0 Å². The first kappa shape index (κ1) is 35.8. The van der Waals surface area contributed by atoms with Gasteiger partial charge < -0.3 is 4.42 Å². The molecule has 0 saturated heterocycles. The van der Waals surface area contributed by atoms with Gasteiger partial charge in [0.1, 0.15) is 11.2 Å². The molecule has 0 N–H and O–H groups in total. The van der Waals surface area contributed by atoms with Crippen molar-refractivity contribution in [2.24, 2.45) is 0 Å². The number of rotatable bonds is 7. The van der Waals surface area contributed by atoms with Gasteiger partial charge in [0.15, 0.2) is 5.82 Å². The van der Waals surface area contributed by atoms with E-state index in [4.69, 9.17) is 14.4 Å². The minimum atomic E-state index is -0.526. The maximum absolute atomic E-state index is 6.47. The molecule has 0 fully saturated rings. The van der Waals surface area contributed by atoms with Gasteiger partial charge in [-0.1, -0.05) is 206 Å². The summed E-state index contributed by atoms with van der Waals surface area (Å²) in [6.07, 6.45) is 0. The highest BCUT2D eigenvalue weighted by atomic mass is 16.3. The molecular weight excluding hydrogens is 753 g/mol. The van der Waals surface area contributed by atoms with E-state index in [1.54, 1.807) is 0 Å². The smallest absolute Gasteiger partial charge is 0.160 e. The molecule has 12 rings (SSSR count). The summed E-state index contributed by atoms with van der Waals surface area (Å²) in [4.78, 5) is 10.5. The van der Waals surface area contributed by atoms with Crippen LogP contribution < -0.4 is 0 Å². The summed E-state index contributed by atoms with van der Waals surface area (Å²) in [5.74, 6) is 0.677. The number of para-hydroxylation sites is 2. The number of nitrogens with zero attached hydrogens (tertiary/aromatic N) is 2. The van der Waals surface area contributed by atoms with E-state index in [9.17, 15) is 0 Å². The van der Waals surface area contributed by atoms with Crippen molar-refractivity contribution in [1.82, 2.24) is 9.97 Å². The number of furan rings is 1. The summed E-state index contributed by atoms with van der Waals surface area (Å²) in [7, 11) is 0. The fraction of sp³-hybridized carbons (Fsp3) is 0.0169. The van der Waals surface area contributed by atoms with Crippen molar-refractivity contribution in [3.05, 3.63) is 253 Å². The fourth-order valence-electron chi connectivity index (χ4n) is 9.87. The third-order valence-electron chi connectivity index (χ3n) is 12.6. The molecule has 0 saturated carbocycles. The molecule has 2 aromatic heterocycles. The van der Waals surface area contributed by atoms with Crippen molar-refractivity contribution in [2.45, 2.75) is 5.41 Å². The predicted octanol–water partition coefficient (Wildman–Crippen LogP) is 15.1. The average Bonchev–Trinajstić information content (AvgIpc) is 3.89. The summed E-state index contributed by atoms with van der Waals surface area (Å²) < 4.78 is 6.47. The van der Waals surface area contributed by atoms with E-state index in [0.717, 1.165) is 66.7 Å². The highest BCUT2D eigenvalue weighted by Crippen LogP contribution is 2.58. The Labute approximate surface area is 360 Å². The molecule has 11 aromatic rings. The predicted molar refractivity (Wildman–Crippen MR) is 254 cm³/mol. The lowest BCUT2D eigenvalue weighted by Crippen LogP contribution is -2.29. The molecule has 9 aromatic carbocycles. The molecule has 290 valence electrons. The first-order chi connectivity index (χ1) is 30.7. The molecule has 2 heterocycles. The van der Waals surface area contributed by atoms with Crippen molar-refractivity contribution in [1.29, 1.82) is 0 Å². The van der Waals surface area contributed by atoms with Gasteiger partial charge in [0.05, 0.1) is 16.8 Å². The second-order valence-corrected chi connectivity index (χ2v) is 16.0. The summed E-state index contributed by atoms with van der Waals surface area (Å²) in [5.41, 5.74) is 18.0. The zero-order valence-electron chi connectivity index (χ0n) is 33.7. The number of hydrogen-bond acceptors (Lipinski definition) is 3. The third-order valence-corrected chi connectivity index (χ3v) is 12.6. The van der Waals surface area contributed by atoms with E-state index in [0.29, 0.717) is 5.82 Å². The van der Waals surface area contributed by atoms with Crippen LogP contribution in [0, 0.1) is 0 Å². The second-order valence-electron chi connectivity index (χ2n) is 16.0. The van der Waals surface area contributed by atoms with Gasteiger partial charge in [-0.3, -0.25) is 0 Å². The summed E-state index contributed by atoms with van der Waals surface area (Å²) in [6, 6.07) is 82.2. The minimum Gasteiger partial charge on any atom is -0.455 e. The van der Waals surface area contributed by atoms with Gasteiger partial charge >= 0.3 is 0 Å². The molecule has 0 unspecified atom stereocenters. The van der Waals surface area contributed by atoms with E-state index in [-0.39, 0.29) is 0 Å². The number of hydrogen-bond donors (Lipinski definition) is 0. The quantitative estimate of drug-likeness (QED) is 0.161.